The number of fused-ring (bicyclic) bond motifs is 1. The van der Waals surface area contributed by atoms with Gasteiger partial charge in [0.2, 0.25) is 0 Å². The number of hydrogen-bond donors (Lipinski definition) is 1. The molecule has 2 heterocycles. The highest BCUT2D eigenvalue weighted by molar-refractivity contribution is 5.34. The Kier molecular flexibility index (Phi) is 2.91. The fraction of sp³-hybridized carbons (Fsp3) is 0.600. The predicted molar refractivity (Wildman–Crippen MR) is 68.9 cm³/mol. The molecule has 1 aromatic rings. The molecule has 2 atom stereocenters. The smallest absolute Gasteiger partial charge is 0.123 e. The lowest BCUT2D eigenvalue weighted by Crippen LogP contribution is -2.45. The van der Waals surface area contributed by atoms with Crippen LogP contribution in [-0.4, -0.2) is 29.1 Å². The van der Waals surface area contributed by atoms with Gasteiger partial charge in [0.15, 0.2) is 0 Å². The zero-order valence-corrected chi connectivity index (χ0v) is 10.8. The Balaban J connectivity index is 1.99. The highest BCUT2D eigenvalue weighted by Gasteiger charge is 2.48. The molecule has 3 rings (SSSR count). The van der Waals surface area contributed by atoms with Crippen molar-refractivity contribution in [2.45, 2.75) is 44.2 Å². The molecule has 0 aromatic heterocycles. The van der Waals surface area contributed by atoms with E-state index >= 15 is 0 Å². The first-order chi connectivity index (χ1) is 8.61. The van der Waals surface area contributed by atoms with Gasteiger partial charge in [0.05, 0.1) is 0 Å². The number of benzene rings is 1. The van der Waals surface area contributed by atoms with Crippen molar-refractivity contribution in [3.8, 4) is 0 Å². The lowest BCUT2D eigenvalue weighted by molar-refractivity contribution is -0.0143. The summed E-state index contributed by atoms with van der Waals surface area (Å²) in [6.45, 7) is 3.94. The van der Waals surface area contributed by atoms with Gasteiger partial charge < -0.3 is 5.11 Å². The standard InChI is InChI=1S/C15H20FNO/c1-11-10-12(16)5-6-13(11)15(18)7-9-17-8-3-2-4-14(15)17/h5-6,10,14,18H,2-4,7-9H2,1H3. The van der Waals surface area contributed by atoms with Gasteiger partial charge in [0.1, 0.15) is 11.4 Å². The minimum atomic E-state index is -0.780. The molecule has 0 aliphatic carbocycles. The fourth-order valence-corrected chi connectivity index (χ4v) is 3.71. The summed E-state index contributed by atoms with van der Waals surface area (Å²) in [5.74, 6) is -0.224. The second kappa shape index (κ2) is 4.32. The maximum atomic E-state index is 13.2. The van der Waals surface area contributed by atoms with Crippen LogP contribution in [0.3, 0.4) is 0 Å². The van der Waals surface area contributed by atoms with Crippen LogP contribution in [0, 0.1) is 12.7 Å². The summed E-state index contributed by atoms with van der Waals surface area (Å²) < 4.78 is 13.2. The Morgan fingerprint density at radius 2 is 2.17 bits per heavy atom. The van der Waals surface area contributed by atoms with Crippen LogP contribution in [0.25, 0.3) is 0 Å². The summed E-state index contributed by atoms with van der Waals surface area (Å²) in [7, 11) is 0. The minimum absolute atomic E-state index is 0.218. The average Bonchev–Trinajstić information content (AvgIpc) is 2.69. The highest BCUT2D eigenvalue weighted by atomic mass is 19.1. The van der Waals surface area contributed by atoms with Crippen molar-refractivity contribution in [3.63, 3.8) is 0 Å². The van der Waals surface area contributed by atoms with E-state index in [1.165, 1.54) is 25.0 Å². The topological polar surface area (TPSA) is 23.5 Å². The van der Waals surface area contributed by atoms with E-state index in [-0.39, 0.29) is 11.9 Å². The van der Waals surface area contributed by atoms with Gasteiger partial charge in [0.25, 0.3) is 0 Å². The van der Waals surface area contributed by atoms with E-state index in [0.717, 1.165) is 37.1 Å². The molecule has 0 radical (unpaired) electrons. The van der Waals surface area contributed by atoms with Crippen LogP contribution < -0.4 is 0 Å². The zero-order chi connectivity index (χ0) is 12.8. The number of nitrogens with zero attached hydrogens (tertiary/aromatic N) is 1. The van der Waals surface area contributed by atoms with Crippen LogP contribution in [-0.2, 0) is 5.60 Å². The van der Waals surface area contributed by atoms with Crippen LogP contribution in [0.4, 0.5) is 4.39 Å². The Bertz CT molecular complexity index is 462. The number of aryl methyl sites for hydroxylation is 1. The number of halogens is 1. The van der Waals surface area contributed by atoms with Gasteiger partial charge in [-0.1, -0.05) is 12.5 Å². The number of aliphatic hydroxyl groups is 1. The van der Waals surface area contributed by atoms with Crippen LogP contribution in [0.2, 0.25) is 0 Å². The summed E-state index contributed by atoms with van der Waals surface area (Å²) in [6.07, 6.45) is 4.23. The predicted octanol–water partition coefficient (Wildman–Crippen LogP) is 2.58. The zero-order valence-electron chi connectivity index (χ0n) is 10.8. The summed E-state index contributed by atoms with van der Waals surface area (Å²) in [6, 6.07) is 4.98. The molecule has 98 valence electrons. The third-order valence-corrected chi connectivity index (χ3v) is 4.60. The summed E-state index contributed by atoms with van der Waals surface area (Å²) in [4.78, 5) is 2.40. The molecule has 0 bridgehead atoms. The van der Waals surface area contributed by atoms with E-state index in [9.17, 15) is 9.50 Å². The van der Waals surface area contributed by atoms with E-state index in [2.05, 4.69) is 4.90 Å². The first-order valence-corrected chi connectivity index (χ1v) is 6.84. The molecule has 2 aliphatic heterocycles. The molecule has 18 heavy (non-hydrogen) atoms. The van der Waals surface area contributed by atoms with E-state index in [1.54, 1.807) is 6.07 Å². The van der Waals surface area contributed by atoms with Gasteiger partial charge in [0, 0.05) is 12.6 Å². The first kappa shape index (κ1) is 12.1. The fourth-order valence-electron chi connectivity index (χ4n) is 3.71. The Labute approximate surface area is 107 Å². The Morgan fingerprint density at radius 1 is 1.33 bits per heavy atom. The molecular weight excluding hydrogens is 229 g/mol. The van der Waals surface area contributed by atoms with Gasteiger partial charge in [-0.3, -0.25) is 4.90 Å². The van der Waals surface area contributed by atoms with Crippen LogP contribution in [0.5, 0.6) is 0 Å². The van der Waals surface area contributed by atoms with Crippen molar-refractivity contribution in [2.24, 2.45) is 0 Å². The maximum absolute atomic E-state index is 13.2. The molecule has 2 saturated heterocycles. The van der Waals surface area contributed by atoms with E-state index < -0.39 is 5.60 Å². The monoisotopic (exact) mass is 249 g/mol. The lowest BCUT2D eigenvalue weighted by atomic mass is 9.81. The van der Waals surface area contributed by atoms with Crippen molar-refractivity contribution in [1.82, 2.24) is 4.90 Å². The molecular formula is C15H20FNO. The normalized spacial score (nSPS) is 32.5. The van der Waals surface area contributed by atoms with Gasteiger partial charge in [-0.25, -0.2) is 4.39 Å². The molecule has 0 spiro atoms. The number of hydrogen-bond acceptors (Lipinski definition) is 2. The SMILES string of the molecule is Cc1cc(F)ccc1C1(O)CCN2CCCCC21. The lowest BCUT2D eigenvalue weighted by Gasteiger charge is -2.38. The Morgan fingerprint density at radius 3 is 2.94 bits per heavy atom. The van der Waals surface area contributed by atoms with Crippen molar-refractivity contribution >= 4 is 0 Å². The van der Waals surface area contributed by atoms with Gasteiger partial charge in [-0.2, -0.15) is 0 Å². The van der Waals surface area contributed by atoms with E-state index in [1.807, 2.05) is 6.92 Å². The molecule has 3 heteroatoms. The van der Waals surface area contributed by atoms with Gasteiger partial charge >= 0.3 is 0 Å². The summed E-state index contributed by atoms with van der Waals surface area (Å²) in [5, 5.41) is 11.1. The van der Waals surface area contributed by atoms with Gasteiger partial charge in [-0.15, -0.1) is 0 Å². The third kappa shape index (κ3) is 1.77. The minimum Gasteiger partial charge on any atom is -0.383 e. The molecule has 2 aliphatic rings. The number of rotatable bonds is 1. The molecule has 0 saturated carbocycles. The molecule has 1 aromatic carbocycles. The molecule has 0 amide bonds. The maximum Gasteiger partial charge on any atom is 0.123 e. The molecule has 2 nitrogen and oxygen atoms in total. The molecule has 2 fully saturated rings. The second-order valence-electron chi connectivity index (χ2n) is 5.68. The number of piperidine rings is 1. The second-order valence-corrected chi connectivity index (χ2v) is 5.68. The van der Waals surface area contributed by atoms with Crippen LogP contribution in [0.15, 0.2) is 18.2 Å². The van der Waals surface area contributed by atoms with E-state index in [4.69, 9.17) is 0 Å². The van der Waals surface area contributed by atoms with Crippen LogP contribution >= 0.6 is 0 Å². The third-order valence-electron chi connectivity index (χ3n) is 4.60. The van der Waals surface area contributed by atoms with Gasteiger partial charge in [-0.05, 0) is 56.0 Å². The molecule has 1 N–H and O–H groups in total. The van der Waals surface area contributed by atoms with Crippen molar-refractivity contribution in [1.29, 1.82) is 0 Å². The summed E-state index contributed by atoms with van der Waals surface area (Å²) >= 11 is 0. The first-order valence-electron chi connectivity index (χ1n) is 6.84. The van der Waals surface area contributed by atoms with Crippen molar-refractivity contribution in [2.75, 3.05) is 13.1 Å². The highest BCUT2D eigenvalue weighted by Crippen LogP contribution is 2.43. The quantitative estimate of drug-likeness (QED) is 0.827. The largest absolute Gasteiger partial charge is 0.383 e. The van der Waals surface area contributed by atoms with Crippen molar-refractivity contribution in [3.05, 3.63) is 35.1 Å². The Hall–Kier alpha value is -0.930. The molecule has 2 unspecified atom stereocenters. The average molecular weight is 249 g/mol. The summed E-state index contributed by atoms with van der Waals surface area (Å²) in [5.41, 5.74) is 1.00. The van der Waals surface area contributed by atoms with Crippen molar-refractivity contribution < 1.29 is 9.50 Å². The van der Waals surface area contributed by atoms with Crippen LogP contribution in [0.1, 0.15) is 36.8 Å². The van der Waals surface area contributed by atoms with E-state index in [0.29, 0.717) is 0 Å².